The van der Waals surface area contributed by atoms with Gasteiger partial charge in [0.25, 0.3) is 5.91 Å². The van der Waals surface area contributed by atoms with E-state index in [1.54, 1.807) is 12.0 Å². The lowest BCUT2D eigenvalue weighted by molar-refractivity contribution is 0.0746. The molecule has 1 amide bonds. The fourth-order valence-electron chi connectivity index (χ4n) is 2.98. The normalized spacial score (nSPS) is 14.9. The van der Waals surface area contributed by atoms with E-state index in [-0.39, 0.29) is 21.4 Å². The molecule has 0 saturated carbocycles. The minimum atomic E-state index is -3.90. The number of amides is 1. The number of hydrogen-bond donors (Lipinski definition) is 1. The molecule has 3 rings (SSSR count). The maximum Gasteiger partial charge on any atom is 0.255 e. The summed E-state index contributed by atoms with van der Waals surface area (Å²) in [4.78, 5) is 16.5. The van der Waals surface area contributed by atoms with Gasteiger partial charge in [-0.3, -0.25) is 4.79 Å². The molecular weight excluding hydrogens is 390 g/mol. The lowest BCUT2D eigenvalue weighted by Crippen LogP contribution is -2.48. The summed E-state index contributed by atoms with van der Waals surface area (Å²) in [7, 11) is -2.28. The van der Waals surface area contributed by atoms with Crippen molar-refractivity contribution in [1.29, 1.82) is 0 Å². The van der Waals surface area contributed by atoms with Crippen molar-refractivity contribution in [3.05, 3.63) is 53.1 Å². The first-order chi connectivity index (χ1) is 12.8. The Balaban J connectivity index is 1.71. The van der Waals surface area contributed by atoms with Crippen LogP contribution >= 0.6 is 11.6 Å². The van der Waals surface area contributed by atoms with Gasteiger partial charge >= 0.3 is 0 Å². The fraction of sp³-hybridized carbons (Fsp3) is 0.278. The Morgan fingerprint density at radius 2 is 1.70 bits per heavy atom. The van der Waals surface area contributed by atoms with Crippen molar-refractivity contribution in [2.75, 3.05) is 38.2 Å². The summed E-state index contributed by atoms with van der Waals surface area (Å²) < 4.78 is 28.2. The van der Waals surface area contributed by atoms with Crippen molar-refractivity contribution in [2.24, 2.45) is 5.14 Å². The van der Waals surface area contributed by atoms with Crippen LogP contribution in [0, 0.1) is 0 Å². The van der Waals surface area contributed by atoms with Gasteiger partial charge in [0.2, 0.25) is 10.0 Å². The molecule has 1 heterocycles. The van der Waals surface area contributed by atoms with E-state index < -0.39 is 10.0 Å². The van der Waals surface area contributed by atoms with E-state index in [2.05, 4.69) is 4.90 Å². The average Bonchev–Trinajstić information content (AvgIpc) is 2.67. The maximum atomic E-state index is 12.8. The summed E-state index contributed by atoms with van der Waals surface area (Å²) >= 11 is 6.11. The number of piperazine rings is 1. The first kappa shape index (κ1) is 19.5. The second-order valence-electron chi connectivity index (χ2n) is 6.16. The number of carbonyl (C=O) groups is 1. The van der Waals surface area contributed by atoms with Gasteiger partial charge in [-0.25, -0.2) is 13.6 Å². The number of anilines is 1. The van der Waals surface area contributed by atoms with Crippen LogP contribution in [-0.4, -0.2) is 52.5 Å². The number of hydrogen-bond acceptors (Lipinski definition) is 5. The third kappa shape index (κ3) is 4.35. The number of primary sulfonamides is 1. The summed E-state index contributed by atoms with van der Waals surface area (Å²) in [5, 5.41) is 5.35. The van der Waals surface area contributed by atoms with Gasteiger partial charge in [0.05, 0.1) is 22.6 Å². The maximum absolute atomic E-state index is 12.8. The predicted octanol–water partition coefficient (Wildman–Crippen LogP) is 1.96. The SMILES string of the molecule is COc1ccc(N2CCN(C(=O)c3cc(S(N)(=O)=O)ccc3Cl)CC2)cc1. The van der Waals surface area contributed by atoms with Crippen LogP contribution in [0.1, 0.15) is 10.4 Å². The number of halogens is 1. The lowest BCUT2D eigenvalue weighted by atomic mass is 10.1. The van der Waals surface area contributed by atoms with E-state index in [1.165, 1.54) is 18.2 Å². The molecule has 1 fully saturated rings. The number of sulfonamides is 1. The monoisotopic (exact) mass is 409 g/mol. The molecule has 2 aromatic carbocycles. The summed E-state index contributed by atoms with van der Waals surface area (Å²) in [6.07, 6.45) is 0. The summed E-state index contributed by atoms with van der Waals surface area (Å²) in [5.41, 5.74) is 1.19. The second-order valence-corrected chi connectivity index (χ2v) is 8.13. The van der Waals surface area contributed by atoms with Crippen LogP contribution in [0.15, 0.2) is 47.4 Å². The van der Waals surface area contributed by atoms with Crippen molar-refractivity contribution < 1.29 is 17.9 Å². The average molecular weight is 410 g/mol. The molecule has 0 radical (unpaired) electrons. The molecule has 1 aliphatic rings. The second kappa shape index (κ2) is 7.75. The first-order valence-corrected chi connectivity index (χ1v) is 10.2. The zero-order valence-electron chi connectivity index (χ0n) is 14.8. The van der Waals surface area contributed by atoms with Crippen molar-refractivity contribution in [3.63, 3.8) is 0 Å². The van der Waals surface area contributed by atoms with Crippen molar-refractivity contribution >= 4 is 33.2 Å². The summed E-state index contributed by atoms with van der Waals surface area (Å²) in [6.45, 7) is 2.32. The van der Waals surface area contributed by atoms with Gasteiger partial charge in [0, 0.05) is 31.9 Å². The summed E-state index contributed by atoms with van der Waals surface area (Å²) in [5.74, 6) is 0.483. The molecule has 144 valence electrons. The summed E-state index contributed by atoms with van der Waals surface area (Å²) in [6, 6.07) is 11.6. The molecule has 2 N–H and O–H groups in total. The molecule has 27 heavy (non-hydrogen) atoms. The van der Waals surface area contributed by atoms with Crippen LogP contribution in [0.3, 0.4) is 0 Å². The van der Waals surface area contributed by atoms with Gasteiger partial charge in [-0.2, -0.15) is 0 Å². The minimum Gasteiger partial charge on any atom is -0.497 e. The van der Waals surface area contributed by atoms with Crippen LogP contribution in [-0.2, 0) is 10.0 Å². The molecule has 0 spiro atoms. The highest BCUT2D eigenvalue weighted by Gasteiger charge is 2.25. The molecule has 0 aromatic heterocycles. The largest absolute Gasteiger partial charge is 0.497 e. The van der Waals surface area contributed by atoms with Crippen LogP contribution in [0.5, 0.6) is 5.75 Å². The van der Waals surface area contributed by atoms with Gasteiger partial charge in [-0.1, -0.05) is 11.6 Å². The third-order valence-electron chi connectivity index (χ3n) is 4.50. The van der Waals surface area contributed by atoms with Gasteiger partial charge in [-0.05, 0) is 42.5 Å². The molecule has 1 saturated heterocycles. The van der Waals surface area contributed by atoms with Crippen LogP contribution in [0.2, 0.25) is 5.02 Å². The molecule has 2 aromatic rings. The van der Waals surface area contributed by atoms with E-state index in [0.717, 1.165) is 11.4 Å². The standard InChI is InChI=1S/C18H20ClN3O4S/c1-26-14-4-2-13(3-5-14)21-8-10-22(11-9-21)18(23)16-12-15(27(20,24)25)6-7-17(16)19/h2-7,12H,8-11H2,1H3,(H2,20,24,25). The zero-order chi connectivity index (χ0) is 19.6. The lowest BCUT2D eigenvalue weighted by Gasteiger charge is -2.36. The Morgan fingerprint density at radius 3 is 2.26 bits per heavy atom. The Labute approximate surface area is 163 Å². The van der Waals surface area contributed by atoms with E-state index in [0.29, 0.717) is 26.2 Å². The van der Waals surface area contributed by atoms with Crippen molar-refractivity contribution in [2.45, 2.75) is 4.90 Å². The molecule has 1 aliphatic heterocycles. The van der Waals surface area contributed by atoms with E-state index in [4.69, 9.17) is 21.5 Å². The minimum absolute atomic E-state index is 0.132. The van der Waals surface area contributed by atoms with Gasteiger partial charge < -0.3 is 14.5 Å². The third-order valence-corrected chi connectivity index (χ3v) is 5.74. The van der Waals surface area contributed by atoms with Crippen LogP contribution in [0.25, 0.3) is 0 Å². The number of benzene rings is 2. The number of nitrogens with two attached hydrogens (primary N) is 1. The Morgan fingerprint density at radius 1 is 1.07 bits per heavy atom. The highest BCUT2D eigenvalue weighted by molar-refractivity contribution is 7.89. The number of ether oxygens (including phenoxy) is 1. The quantitative estimate of drug-likeness (QED) is 0.833. The molecule has 0 bridgehead atoms. The molecule has 0 atom stereocenters. The fourth-order valence-corrected chi connectivity index (χ4v) is 3.71. The van der Waals surface area contributed by atoms with E-state index in [1.807, 2.05) is 24.3 Å². The smallest absolute Gasteiger partial charge is 0.255 e. The van der Waals surface area contributed by atoms with Gasteiger partial charge in [-0.15, -0.1) is 0 Å². The Kier molecular flexibility index (Phi) is 5.59. The number of nitrogens with zero attached hydrogens (tertiary/aromatic N) is 2. The molecule has 0 unspecified atom stereocenters. The zero-order valence-corrected chi connectivity index (χ0v) is 16.3. The molecule has 7 nitrogen and oxygen atoms in total. The van der Waals surface area contributed by atoms with Crippen molar-refractivity contribution in [1.82, 2.24) is 4.90 Å². The van der Waals surface area contributed by atoms with Gasteiger partial charge in [0.15, 0.2) is 0 Å². The van der Waals surface area contributed by atoms with Crippen LogP contribution in [0.4, 0.5) is 5.69 Å². The number of methoxy groups -OCH3 is 1. The van der Waals surface area contributed by atoms with Crippen molar-refractivity contribution in [3.8, 4) is 5.75 Å². The molecule has 9 heteroatoms. The number of carbonyl (C=O) groups excluding carboxylic acids is 1. The van der Waals surface area contributed by atoms with E-state index in [9.17, 15) is 13.2 Å². The topological polar surface area (TPSA) is 92.9 Å². The number of rotatable bonds is 4. The molecular formula is C18H20ClN3O4S. The first-order valence-electron chi connectivity index (χ1n) is 8.30. The van der Waals surface area contributed by atoms with Gasteiger partial charge in [0.1, 0.15) is 5.75 Å². The van der Waals surface area contributed by atoms with Crippen LogP contribution < -0.4 is 14.8 Å². The highest BCUT2D eigenvalue weighted by Crippen LogP contribution is 2.24. The van der Waals surface area contributed by atoms with E-state index >= 15 is 0 Å². The predicted molar refractivity (Wildman–Crippen MR) is 104 cm³/mol. The Bertz CT molecular complexity index is 940. The highest BCUT2D eigenvalue weighted by atomic mass is 35.5. The Hall–Kier alpha value is -2.29. The molecule has 0 aliphatic carbocycles.